The first-order valence-electron chi connectivity index (χ1n) is 17.5. The van der Waals surface area contributed by atoms with Gasteiger partial charge in [0.05, 0.1) is 5.54 Å². The third kappa shape index (κ3) is 10.9. The number of ether oxygens (including phenoxy) is 1. The summed E-state index contributed by atoms with van der Waals surface area (Å²) in [7, 11) is 0. The molecular weight excluding hydrogens is 743 g/mol. The molecule has 17 heteroatoms. The second-order valence-electron chi connectivity index (χ2n) is 13.8. The monoisotopic (exact) mass is 779 g/mol. The molecule has 13 nitrogen and oxygen atoms in total. The van der Waals surface area contributed by atoms with Gasteiger partial charge >= 0.3 is 18.2 Å². The van der Waals surface area contributed by atoms with Crippen LogP contribution in [-0.2, 0) is 26.3 Å². The summed E-state index contributed by atoms with van der Waals surface area (Å²) >= 11 is 6.03. The van der Waals surface area contributed by atoms with Crippen molar-refractivity contribution >= 4 is 52.8 Å². The Morgan fingerprint density at radius 2 is 1.55 bits per heavy atom. The topological polar surface area (TPSA) is 185 Å². The van der Waals surface area contributed by atoms with E-state index < -0.39 is 53.9 Å². The number of nitrogens with zero attached hydrogens (tertiary/aromatic N) is 3. The third-order valence-corrected chi connectivity index (χ3v) is 9.62. The van der Waals surface area contributed by atoms with Crippen LogP contribution in [0.15, 0.2) is 78.9 Å². The lowest BCUT2D eigenvalue weighted by Crippen LogP contribution is -2.43. The van der Waals surface area contributed by atoms with Crippen LogP contribution in [0.25, 0.3) is 0 Å². The summed E-state index contributed by atoms with van der Waals surface area (Å²) in [5, 5.41) is 21.2. The number of carboxylic acid groups (broad SMARTS) is 1. The van der Waals surface area contributed by atoms with Gasteiger partial charge in [0.15, 0.2) is 6.61 Å². The quantitative estimate of drug-likeness (QED) is 0.0749. The van der Waals surface area contributed by atoms with E-state index in [2.05, 4.69) is 36.2 Å². The number of carbonyl (C=O) groups excluding carboxylic acids is 3. The molecule has 6 rings (SSSR count). The molecule has 1 aromatic heterocycles. The van der Waals surface area contributed by atoms with Crippen molar-refractivity contribution in [3.05, 3.63) is 101 Å². The second-order valence-corrected chi connectivity index (χ2v) is 14.2. The fourth-order valence-corrected chi connectivity index (χ4v) is 6.20. The molecule has 0 radical (unpaired) electrons. The highest BCUT2D eigenvalue weighted by Crippen LogP contribution is 2.51. The molecule has 5 N–H and O–H groups in total. The molecule has 2 fully saturated rings. The SMILES string of the molecule is O=C(CC1(Cc2ccccc2)CC1)C(=O)NCC[C@H](NC(=O)c1ccc(Nc2nc(NC3(c4ccc(Cl)cc4)CC3)nc(OCC(F)(F)F)n2)cc1)C(=O)O. The molecule has 2 aliphatic carbocycles. The number of rotatable bonds is 18. The summed E-state index contributed by atoms with van der Waals surface area (Å²) in [6.07, 6.45) is -0.926. The van der Waals surface area contributed by atoms with E-state index >= 15 is 0 Å². The molecule has 55 heavy (non-hydrogen) atoms. The molecule has 1 heterocycles. The van der Waals surface area contributed by atoms with E-state index in [1.54, 1.807) is 12.1 Å². The van der Waals surface area contributed by atoms with Crippen molar-refractivity contribution in [2.24, 2.45) is 5.41 Å². The van der Waals surface area contributed by atoms with Crippen molar-refractivity contribution in [3.8, 4) is 6.01 Å². The van der Waals surface area contributed by atoms with Crippen LogP contribution >= 0.6 is 11.6 Å². The number of Topliss-reactive ketones (excluding diaryl/α,β-unsaturated/α-hetero) is 1. The Kier molecular flexibility index (Phi) is 11.5. The van der Waals surface area contributed by atoms with Gasteiger partial charge in [-0.05, 0) is 91.5 Å². The maximum absolute atomic E-state index is 13.0. The summed E-state index contributed by atoms with van der Waals surface area (Å²) in [6.45, 7) is -1.78. The molecule has 0 unspecified atom stereocenters. The highest BCUT2D eigenvalue weighted by atomic mass is 35.5. The molecule has 288 valence electrons. The third-order valence-electron chi connectivity index (χ3n) is 9.37. The van der Waals surface area contributed by atoms with Crippen molar-refractivity contribution in [3.63, 3.8) is 0 Å². The summed E-state index contributed by atoms with van der Waals surface area (Å²) < 4.78 is 43.7. The Morgan fingerprint density at radius 1 is 0.873 bits per heavy atom. The minimum atomic E-state index is -4.64. The fraction of sp³-hybridized carbons (Fsp3) is 0.342. The Balaban J connectivity index is 1.03. The number of alkyl halides is 3. The van der Waals surface area contributed by atoms with Crippen LogP contribution in [0.4, 0.5) is 30.8 Å². The summed E-state index contributed by atoms with van der Waals surface area (Å²) in [4.78, 5) is 62.4. The molecule has 0 aliphatic heterocycles. The number of nitrogens with one attached hydrogen (secondary N) is 4. The van der Waals surface area contributed by atoms with Crippen molar-refractivity contribution < 1.29 is 42.2 Å². The van der Waals surface area contributed by atoms with Crippen LogP contribution in [0, 0.1) is 5.41 Å². The lowest BCUT2D eigenvalue weighted by molar-refractivity contribution is -0.154. The van der Waals surface area contributed by atoms with E-state index in [0.717, 1.165) is 24.0 Å². The highest BCUT2D eigenvalue weighted by molar-refractivity contribution is 6.36. The van der Waals surface area contributed by atoms with Gasteiger partial charge in [0, 0.05) is 29.2 Å². The van der Waals surface area contributed by atoms with E-state index in [1.165, 1.54) is 24.3 Å². The number of aliphatic carboxylic acids is 1. The van der Waals surface area contributed by atoms with Gasteiger partial charge in [0.25, 0.3) is 11.8 Å². The van der Waals surface area contributed by atoms with E-state index in [9.17, 15) is 37.5 Å². The number of carboxylic acids is 1. The fourth-order valence-electron chi connectivity index (χ4n) is 6.08. The molecule has 2 amide bonds. The Morgan fingerprint density at radius 3 is 2.16 bits per heavy atom. The lowest BCUT2D eigenvalue weighted by Gasteiger charge is -2.19. The molecule has 0 bridgehead atoms. The first-order valence-corrected chi connectivity index (χ1v) is 17.8. The van der Waals surface area contributed by atoms with Crippen LogP contribution in [-0.4, -0.2) is 69.0 Å². The van der Waals surface area contributed by atoms with Gasteiger partial charge < -0.3 is 31.1 Å². The summed E-state index contributed by atoms with van der Waals surface area (Å²) in [5.41, 5.74) is 1.62. The number of amides is 2. The van der Waals surface area contributed by atoms with Crippen LogP contribution in [0.2, 0.25) is 5.02 Å². The first kappa shape index (κ1) is 38.9. The molecule has 0 saturated heterocycles. The number of hydrogen-bond donors (Lipinski definition) is 5. The normalized spacial score (nSPS) is 15.6. The Labute approximate surface area is 318 Å². The van der Waals surface area contributed by atoms with Crippen LogP contribution < -0.4 is 26.0 Å². The molecule has 1 atom stereocenters. The average Bonchev–Trinajstić information content (AvgIpc) is 4.09. The second kappa shape index (κ2) is 16.3. The first-order chi connectivity index (χ1) is 26.2. The summed E-state index contributed by atoms with van der Waals surface area (Å²) in [6, 6.07) is 20.6. The van der Waals surface area contributed by atoms with Gasteiger partial charge in [-0.3, -0.25) is 14.4 Å². The molecule has 3 aromatic carbocycles. The van der Waals surface area contributed by atoms with Crippen molar-refractivity contribution in [2.75, 3.05) is 23.8 Å². The maximum atomic E-state index is 13.0. The van der Waals surface area contributed by atoms with E-state index in [4.69, 9.17) is 16.3 Å². The molecule has 0 spiro atoms. The zero-order chi connectivity index (χ0) is 39.2. The molecule has 4 aromatic rings. The predicted octanol–water partition coefficient (Wildman–Crippen LogP) is 5.98. The van der Waals surface area contributed by atoms with Gasteiger partial charge in [-0.25, -0.2) is 4.79 Å². The van der Waals surface area contributed by atoms with Crippen LogP contribution in [0.3, 0.4) is 0 Å². The van der Waals surface area contributed by atoms with E-state index in [0.29, 0.717) is 30.0 Å². The lowest BCUT2D eigenvalue weighted by atomic mass is 9.91. The number of anilines is 3. The average molecular weight is 780 g/mol. The van der Waals surface area contributed by atoms with Gasteiger partial charge in [-0.15, -0.1) is 0 Å². The van der Waals surface area contributed by atoms with E-state index in [1.807, 2.05) is 42.5 Å². The molecule has 2 saturated carbocycles. The number of ketones is 1. The summed E-state index contributed by atoms with van der Waals surface area (Å²) in [5.74, 6) is -3.60. The van der Waals surface area contributed by atoms with Gasteiger partial charge in [0.1, 0.15) is 6.04 Å². The van der Waals surface area contributed by atoms with E-state index in [-0.39, 0.29) is 42.3 Å². The number of hydrogen-bond acceptors (Lipinski definition) is 10. The number of halogens is 4. The number of benzene rings is 3. The zero-order valence-electron chi connectivity index (χ0n) is 29.3. The van der Waals surface area contributed by atoms with Crippen molar-refractivity contribution in [1.29, 1.82) is 0 Å². The van der Waals surface area contributed by atoms with Crippen LogP contribution in [0.5, 0.6) is 6.01 Å². The van der Waals surface area contributed by atoms with Gasteiger partial charge in [0.2, 0.25) is 17.7 Å². The highest BCUT2D eigenvalue weighted by Gasteiger charge is 2.46. The smallest absolute Gasteiger partial charge is 0.422 e. The van der Waals surface area contributed by atoms with Gasteiger partial charge in [-0.1, -0.05) is 54.1 Å². The standard InChI is InChI=1S/C38H37ClF3N7O6/c39-26-10-8-25(9-11-26)37(17-18-37)49-34-46-33(47-35(48-34)55-22-38(40,41)42)44-27-12-6-24(7-13-27)30(51)45-28(32(53)54)14-19-43-31(52)29(50)21-36(15-16-36)20-23-4-2-1-3-5-23/h1-13,28H,14-22H2,(H,43,52)(H,45,51)(H,53,54)(H2,44,46,47,48,49)/t28-/m0/s1. The molecule has 2 aliphatic rings. The predicted molar refractivity (Wildman–Crippen MR) is 195 cm³/mol. The zero-order valence-corrected chi connectivity index (χ0v) is 30.0. The van der Waals surface area contributed by atoms with Gasteiger partial charge in [-0.2, -0.15) is 28.1 Å². The minimum absolute atomic E-state index is 0.0340. The minimum Gasteiger partial charge on any atom is -0.480 e. The number of aromatic nitrogens is 3. The Hall–Kier alpha value is -5.77. The van der Waals surface area contributed by atoms with Crippen molar-refractivity contribution in [1.82, 2.24) is 25.6 Å². The Bertz CT molecular complexity index is 2030. The molecular formula is C38H37ClF3N7O6. The largest absolute Gasteiger partial charge is 0.480 e. The van der Waals surface area contributed by atoms with Crippen molar-refractivity contribution in [2.45, 2.75) is 62.7 Å². The maximum Gasteiger partial charge on any atom is 0.422 e. The van der Waals surface area contributed by atoms with Crippen LogP contribution in [0.1, 0.15) is 60.0 Å². The number of carbonyl (C=O) groups is 4.